The van der Waals surface area contributed by atoms with Crippen molar-refractivity contribution in [2.24, 2.45) is 0 Å². The van der Waals surface area contributed by atoms with E-state index >= 15 is 0 Å². The molecule has 222 valence electrons. The fourth-order valence-electron chi connectivity index (χ4n) is 8.05. The average Bonchev–Trinajstić information content (AvgIpc) is 3.78. The van der Waals surface area contributed by atoms with Crippen LogP contribution in [0.2, 0.25) is 0 Å². The molecule has 1 aliphatic carbocycles. The number of benzene rings is 6. The van der Waals surface area contributed by atoms with E-state index in [0.29, 0.717) is 0 Å². The number of nitrogens with zero attached hydrogens (tertiary/aromatic N) is 4. The molecule has 0 radical (unpaired) electrons. The normalized spacial score (nSPS) is 12.2. The molecule has 0 unspecified atom stereocenters. The summed E-state index contributed by atoms with van der Waals surface area (Å²) in [4.78, 5) is 9.83. The first-order chi connectivity index (χ1) is 23.8. The summed E-state index contributed by atoms with van der Waals surface area (Å²) in [6.45, 7) is 0. The van der Waals surface area contributed by atoms with Crippen LogP contribution < -0.4 is 0 Å². The summed E-state index contributed by atoms with van der Waals surface area (Å²) in [5.74, 6) is 0.920. The van der Waals surface area contributed by atoms with Gasteiger partial charge in [-0.2, -0.15) is 0 Å². The van der Waals surface area contributed by atoms with Gasteiger partial charge in [-0.3, -0.25) is 9.55 Å². The Kier molecular flexibility index (Phi) is 5.08. The van der Waals surface area contributed by atoms with Crippen molar-refractivity contribution >= 4 is 54.4 Å². The van der Waals surface area contributed by atoms with E-state index in [0.717, 1.165) is 33.7 Å². The molecule has 4 heteroatoms. The van der Waals surface area contributed by atoms with Crippen LogP contribution in [0.5, 0.6) is 0 Å². The summed E-state index contributed by atoms with van der Waals surface area (Å²) >= 11 is 0. The van der Waals surface area contributed by atoms with Gasteiger partial charge in [0.25, 0.3) is 0 Å². The predicted octanol–water partition coefficient (Wildman–Crippen LogP) is 11.1. The van der Waals surface area contributed by atoms with E-state index in [-0.39, 0.29) is 0 Å². The van der Waals surface area contributed by atoms with Gasteiger partial charge in [-0.05, 0) is 76.7 Å². The monoisotopic (exact) mass is 610 g/mol. The number of rotatable bonds is 3. The molecule has 0 saturated heterocycles. The molecule has 0 fully saturated rings. The van der Waals surface area contributed by atoms with Gasteiger partial charge < -0.3 is 4.57 Å². The van der Waals surface area contributed by atoms with Gasteiger partial charge in [-0.25, -0.2) is 4.98 Å². The van der Waals surface area contributed by atoms with Crippen molar-refractivity contribution in [1.82, 2.24) is 19.1 Å². The Labute approximate surface area is 275 Å². The molecule has 10 aromatic rings. The minimum atomic E-state index is 0.920. The Hall–Kier alpha value is -6.52. The average molecular weight is 611 g/mol. The number of hydrogen-bond acceptors (Lipinski definition) is 2. The Morgan fingerprint density at radius 1 is 0.438 bits per heavy atom. The molecule has 11 rings (SSSR count). The third kappa shape index (κ3) is 3.43. The predicted molar refractivity (Wildman–Crippen MR) is 198 cm³/mol. The fourth-order valence-corrected chi connectivity index (χ4v) is 8.05. The van der Waals surface area contributed by atoms with Gasteiger partial charge in [-0.15, -0.1) is 0 Å². The lowest BCUT2D eigenvalue weighted by atomic mass is 10.0. The third-order valence-corrected chi connectivity index (χ3v) is 10.1. The van der Waals surface area contributed by atoms with Crippen molar-refractivity contribution in [1.29, 1.82) is 0 Å². The summed E-state index contributed by atoms with van der Waals surface area (Å²) in [6, 6.07) is 52.6. The maximum Gasteiger partial charge on any atom is 0.138 e. The summed E-state index contributed by atoms with van der Waals surface area (Å²) in [5.41, 5.74) is 12.8. The molecule has 6 aromatic carbocycles. The van der Waals surface area contributed by atoms with Crippen LogP contribution in [0.4, 0.5) is 0 Å². The standard InChI is InChI=1S/C44H26N4/c1-2-10-30(11-3-1)47-38-15-6-5-13-32(38)36-23-27(18-20-40(36)47)28-17-19-33-31-12-4-7-16-39(31)48(41(33)24-28)42-25-29-9-8-14-34-37-26-45-22-21-35(37)44(46-42)43(29)34/h1-26H. The smallest absolute Gasteiger partial charge is 0.138 e. The van der Waals surface area contributed by atoms with Gasteiger partial charge in [-0.1, -0.05) is 91.0 Å². The molecule has 4 aromatic heterocycles. The van der Waals surface area contributed by atoms with Crippen LogP contribution in [0.15, 0.2) is 158 Å². The number of pyridine rings is 2. The first-order valence-electron chi connectivity index (χ1n) is 16.3. The summed E-state index contributed by atoms with van der Waals surface area (Å²) in [7, 11) is 0. The summed E-state index contributed by atoms with van der Waals surface area (Å²) < 4.78 is 4.71. The zero-order valence-corrected chi connectivity index (χ0v) is 25.8. The van der Waals surface area contributed by atoms with Gasteiger partial charge in [0.1, 0.15) is 5.82 Å². The second-order valence-corrected chi connectivity index (χ2v) is 12.7. The number of fused-ring (bicyclic) bond motifs is 9. The molecule has 48 heavy (non-hydrogen) atoms. The molecule has 0 spiro atoms. The molecule has 0 N–H and O–H groups in total. The molecule has 0 aliphatic heterocycles. The van der Waals surface area contributed by atoms with Crippen LogP contribution in [0, 0.1) is 0 Å². The lowest BCUT2D eigenvalue weighted by Gasteiger charge is -2.11. The molecular formula is C44H26N4. The summed E-state index contributed by atoms with van der Waals surface area (Å²) in [6.07, 6.45) is 3.83. The van der Waals surface area contributed by atoms with Crippen molar-refractivity contribution in [3.05, 3.63) is 158 Å². The zero-order valence-electron chi connectivity index (χ0n) is 25.8. The molecule has 4 nitrogen and oxygen atoms in total. The Morgan fingerprint density at radius 2 is 1.15 bits per heavy atom. The van der Waals surface area contributed by atoms with Crippen LogP contribution in [0.25, 0.3) is 99.4 Å². The van der Waals surface area contributed by atoms with E-state index in [1.165, 1.54) is 65.7 Å². The maximum atomic E-state index is 5.40. The van der Waals surface area contributed by atoms with Gasteiger partial charge in [0.15, 0.2) is 0 Å². The quantitative estimate of drug-likeness (QED) is 0.199. The maximum absolute atomic E-state index is 5.40. The van der Waals surface area contributed by atoms with Crippen LogP contribution in [0.1, 0.15) is 0 Å². The van der Waals surface area contributed by atoms with Gasteiger partial charge in [0, 0.05) is 56.1 Å². The summed E-state index contributed by atoms with van der Waals surface area (Å²) in [5, 5.41) is 7.32. The van der Waals surface area contributed by atoms with E-state index in [1.807, 2.05) is 12.4 Å². The lowest BCUT2D eigenvalue weighted by Crippen LogP contribution is -1.99. The largest absolute Gasteiger partial charge is 0.309 e. The van der Waals surface area contributed by atoms with Crippen LogP contribution in [0.3, 0.4) is 0 Å². The molecule has 1 aliphatic rings. The Bertz CT molecular complexity index is 2950. The highest BCUT2D eigenvalue weighted by Crippen LogP contribution is 2.47. The van der Waals surface area contributed by atoms with E-state index in [9.17, 15) is 0 Å². The number of aromatic nitrogens is 4. The molecule has 0 atom stereocenters. The van der Waals surface area contributed by atoms with E-state index in [2.05, 4.69) is 160 Å². The van der Waals surface area contributed by atoms with E-state index in [1.54, 1.807) is 0 Å². The zero-order chi connectivity index (χ0) is 31.3. The second-order valence-electron chi connectivity index (χ2n) is 12.7. The fraction of sp³-hybridized carbons (Fsp3) is 0. The number of hydrogen-bond donors (Lipinski definition) is 0. The Morgan fingerprint density at radius 3 is 2.02 bits per heavy atom. The molecular weight excluding hydrogens is 585 g/mol. The molecule has 0 bridgehead atoms. The van der Waals surface area contributed by atoms with Gasteiger partial charge in [0.05, 0.1) is 27.8 Å². The third-order valence-electron chi connectivity index (χ3n) is 10.1. The highest BCUT2D eigenvalue weighted by atomic mass is 15.1. The van der Waals surface area contributed by atoms with Crippen LogP contribution in [-0.2, 0) is 0 Å². The van der Waals surface area contributed by atoms with Crippen molar-refractivity contribution in [2.75, 3.05) is 0 Å². The molecule has 4 heterocycles. The van der Waals surface area contributed by atoms with Crippen molar-refractivity contribution in [3.8, 4) is 45.0 Å². The van der Waals surface area contributed by atoms with E-state index in [4.69, 9.17) is 4.98 Å². The number of para-hydroxylation sites is 3. The van der Waals surface area contributed by atoms with Crippen molar-refractivity contribution in [2.45, 2.75) is 0 Å². The first kappa shape index (κ1) is 25.6. The second kappa shape index (κ2) is 9.50. The molecule has 0 saturated carbocycles. The first-order valence-corrected chi connectivity index (χ1v) is 16.3. The van der Waals surface area contributed by atoms with Crippen LogP contribution >= 0.6 is 0 Å². The van der Waals surface area contributed by atoms with Gasteiger partial charge >= 0.3 is 0 Å². The van der Waals surface area contributed by atoms with Gasteiger partial charge in [0.2, 0.25) is 0 Å². The Balaban J connectivity index is 1.15. The van der Waals surface area contributed by atoms with Crippen LogP contribution in [-0.4, -0.2) is 19.1 Å². The lowest BCUT2D eigenvalue weighted by molar-refractivity contribution is 1.09. The molecule has 0 amide bonds. The highest BCUT2D eigenvalue weighted by molar-refractivity contribution is 6.15. The minimum absolute atomic E-state index is 0.920. The van der Waals surface area contributed by atoms with Crippen molar-refractivity contribution < 1.29 is 0 Å². The highest BCUT2D eigenvalue weighted by Gasteiger charge is 2.25. The topological polar surface area (TPSA) is 35.6 Å². The SMILES string of the molecule is c1ccc(-n2c3ccccc3c3cc(-c4ccc5c6ccccc6n(-c6cc7cccc8c7c(n6)-c6ccncc6-8)c5c4)ccc32)cc1. The minimum Gasteiger partial charge on any atom is -0.309 e. The van der Waals surface area contributed by atoms with Crippen molar-refractivity contribution in [3.63, 3.8) is 0 Å². The van der Waals surface area contributed by atoms with E-state index < -0.39 is 0 Å².